The first kappa shape index (κ1) is 17.6. The van der Waals surface area contributed by atoms with Crippen LogP contribution in [0.5, 0.6) is 5.75 Å². The van der Waals surface area contributed by atoms with Gasteiger partial charge in [0.2, 0.25) is 0 Å². The number of hydrogen-bond donors (Lipinski definition) is 4. The third kappa shape index (κ3) is 6.10. The van der Waals surface area contributed by atoms with Gasteiger partial charge in [0.1, 0.15) is 5.75 Å². The largest absolute Gasteiger partial charge is 0.508 e. The highest BCUT2D eigenvalue weighted by Gasteiger charge is 2.24. The number of aliphatic hydroxyl groups is 1. The number of phenolic OH excluding ortho intramolecular Hbond substituents is 1. The second-order valence-electron chi connectivity index (χ2n) is 6.36. The molecule has 2 unspecified atom stereocenters. The lowest BCUT2D eigenvalue weighted by atomic mass is 9.96. The zero-order valence-electron chi connectivity index (χ0n) is 13.6. The Kier molecular flexibility index (Phi) is 7.20. The van der Waals surface area contributed by atoms with Gasteiger partial charge in [0.15, 0.2) is 0 Å². The van der Waals surface area contributed by atoms with Crippen LogP contribution in [0.25, 0.3) is 0 Å². The Morgan fingerprint density at radius 3 is 2.61 bits per heavy atom. The minimum absolute atomic E-state index is 0.0830. The molecule has 2 amide bonds. The molecule has 128 valence electrons. The fourth-order valence-electron chi connectivity index (χ4n) is 3.17. The van der Waals surface area contributed by atoms with Crippen molar-refractivity contribution in [2.45, 2.75) is 51.0 Å². The van der Waals surface area contributed by atoms with E-state index < -0.39 is 0 Å². The number of hydrogen-bond acceptors (Lipinski definition) is 3. The van der Waals surface area contributed by atoms with Crippen molar-refractivity contribution in [3.05, 3.63) is 29.8 Å². The van der Waals surface area contributed by atoms with Gasteiger partial charge in [0, 0.05) is 25.1 Å². The summed E-state index contributed by atoms with van der Waals surface area (Å²) in [5.41, 5.74) is 1.15. The molecule has 2 atom stereocenters. The van der Waals surface area contributed by atoms with E-state index in [9.17, 15) is 15.0 Å². The third-order valence-corrected chi connectivity index (χ3v) is 4.57. The average Bonchev–Trinajstić information content (AvgIpc) is 2.78. The fraction of sp³-hybridized carbons (Fsp3) is 0.611. The van der Waals surface area contributed by atoms with Crippen molar-refractivity contribution in [3.63, 3.8) is 0 Å². The van der Waals surface area contributed by atoms with E-state index in [1.54, 1.807) is 12.1 Å². The smallest absolute Gasteiger partial charge is 0.315 e. The van der Waals surface area contributed by atoms with Gasteiger partial charge in [0.05, 0.1) is 0 Å². The van der Waals surface area contributed by atoms with Crippen LogP contribution in [0.2, 0.25) is 0 Å². The minimum Gasteiger partial charge on any atom is -0.508 e. The van der Waals surface area contributed by atoms with Gasteiger partial charge in [-0.1, -0.05) is 31.4 Å². The molecule has 1 saturated carbocycles. The summed E-state index contributed by atoms with van der Waals surface area (Å²) in [7, 11) is 0. The molecular formula is C18H28N2O3. The standard InChI is InChI=1S/C18H28N2O3/c21-13-15-6-2-1-3-7-17(15)20-18(23)19-12-4-5-14-8-10-16(22)11-9-14/h8-11,15,17,21-22H,1-7,12-13H2,(H2,19,20,23). The molecule has 2 rings (SSSR count). The molecule has 23 heavy (non-hydrogen) atoms. The van der Waals surface area contributed by atoms with Crippen LogP contribution in [-0.4, -0.2) is 35.4 Å². The second-order valence-corrected chi connectivity index (χ2v) is 6.36. The SMILES string of the molecule is O=C(NCCCc1ccc(O)cc1)NC1CCCCCC1CO. The number of aromatic hydroxyl groups is 1. The van der Waals surface area contributed by atoms with E-state index in [1.807, 2.05) is 12.1 Å². The maximum atomic E-state index is 12.0. The molecule has 0 spiro atoms. The normalized spacial score (nSPS) is 21.4. The number of carbonyl (C=O) groups excluding carboxylic acids is 1. The van der Waals surface area contributed by atoms with Gasteiger partial charge in [-0.3, -0.25) is 0 Å². The average molecular weight is 320 g/mol. The van der Waals surface area contributed by atoms with Crippen molar-refractivity contribution in [3.8, 4) is 5.75 Å². The Balaban J connectivity index is 1.66. The van der Waals surface area contributed by atoms with Crippen molar-refractivity contribution in [2.24, 2.45) is 5.92 Å². The number of nitrogens with one attached hydrogen (secondary N) is 2. The van der Waals surface area contributed by atoms with Crippen molar-refractivity contribution in [1.29, 1.82) is 0 Å². The van der Waals surface area contributed by atoms with Gasteiger partial charge in [-0.05, 0) is 43.4 Å². The highest BCUT2D eigenvalue weighted by atomic mass is 16.3. The maximum Gasteiger partial charge on any atom is 0.315 e. The maximum absolute atomic E-state index is 12.0. The summed E-state index contributed by atoms with van der Waals surface area (Å²) in [6.07, 6.45) is 7.09. The molecular weight excluding hydrogens is 292 g/mol. The van der Waals surface area contributed by atoms with Crippen LogP contribution in [0.4, 0.5) is 4.79 Å². The molecule has 1 aromatic carbocycles. The number of rotatable bonds is 6. The van der Waals surface area contributed by atoms with Crippen LogP contribution < -0.4 is 10.6 Å². The summed E-state index contributed by atoms with van der Waals surface area (Å²) in [5.74, 6) is 0.452. The summed E-state index contributed by atoms with van der Waals surface area (Å²) in [4.78, 5) is 12.0. The highest BCUT2D eigenvalue weighted by Crippen LogP contribution is 2.23. The Morgan fingerprint density at radius 2 is 1.87 bits per heavy atom. The molecule has 0 bridgehead atoms. The molecule has 1 aliphatic rings. The summed E-state index contributed by atoms with van der Waals surface area (Å²) < 4.78 is 0. The number of phenols is 1. The van der Waals surface area contributed by atoms with Crippen molar-refractivity contribution >= 4 is 6.03 Å². The molecule has 0 heterocycles. The number of carbonyl (C=O) groups is 1. The van der Waals surface area contributed by atoms with Crippen molar-refractivity contribution in [1.82, 2.24) is 10.6 Å². The first-order valence-electron chi connectivity index (χ1n) is 8.62. The monoisotopic (exact) mass is 320 g/mol. The number of amides is 2. The van der Waals surface area contributed by atoms with Crippen molar-refractivity contribution in [2.75, 3.05) is 13.2 Å². The van der Waals surface area contributed by atoms with E-state index in [4.69, 9.17) is 0 Å². The topological polar surface area (TPSA) is 81.6 Å². The van der Waals surface area contributed by atoms with Gasteiger partial charge in [0.25, 0.3) is 0 Å². The molecule has 1 aliphatic carbocycles. The summed E-state index contributed by atoms with van der Waals surface area (Å²) >= 11 is 0. The molecule has 1 aromatic rings. The van der Waals surface area contributed by atoms with Gasteiger partial charge in [-0.15, -0.1) is 0 Å². The minimum atomic E-state index is -0.138. The molecule has 1 fully saturated rings. The Bertz CT molecular complexity index is 476. The van der Waals surface area contributed by atoms with Crippen LogP contribution in [0, 0.1) is 5.92 Å². The lowest BCUT2D eigenvalue weighted by Crippen LogP contribution is -2.46. The van der Waals surface area contributed by atoms with E-state index in [0.717, 1.165) is 44.1 Å². The molecule has 0 aliphatic heterocycles. The molecule has 5 nitrogen and oxygen atoms in total. The summed E-state index contributed by atoms with van der Waals surface area (Å²) in [6.45, 7) is 0.759. The second kappa shape index (κ2) is 9.40. The van der Waals surface area contributed by atoms with Gasteiger partial charge in [-0.2, -0.15) is 0 Å². The number of benzene rings is 1. The first-order chi connectivity index (χ1) is 11.2. The number of aryl methyl sites for hydroxylation is 1. The lowest BCUT2D eigenvalue weighted by molar-refractivity contribution is 0.179. The predicted molar refractivity (Wildman–Crippen MR) is 90.4 cm³/mol. The zero-order chi connectivity index (χ0) is 16.5. The lowest BCUT2D eigenvalue weighted by Gasteiger charge is -2.24. The van der Waals surface area contributed by atoms with E-state index in [0.29, 0.717) is 6.54 Å². The zero-order valence-corrected chi connectivity index (χ0v) is 13.6. The number of aliphatic hydroxyl groups excluding tert-OH is 1. The Labute approximate surface area is 138 Å². The van der Waals surface area contributed by atoms with Crippen LogP contribution >= 0.6 is 0 Å². The van der Waals surface area contributed by atoms with Gasteiger partial charge < -0.3 is 20.8 Å². The Morgan fingerprint density at radius 1 is 1.13 bits per heavy atom. The molecule has 5 heteroatoms. The first-order valence-corrected chi connectivity index (χ1v) is 8.62. The van der Waals surface area contributed by atoms with Crippen LogP contribution in [0.1, 0.15) is 44.1 Å². The molecule has 0 radical (unpaired) electrons. The fourth-order valence-corrected chi connectivity index (χ4v) is 3.17. The Hall–Kier alpha value is -1.75. The predicted octanol–water partition coefficient (Wildman–Crippen LogP) is 2.57. The summed E-state index contributed by atoms with van der Waals surface area (Å²) in [6, 6.07) is 7.09. The van der Waals surface area contributed by atoms with Crippen LogP contribution in [0.15, 0.2) is 24.3 Å². The molecule has 0 saturated heterocycles. The highest BCUT2D eigenvalue weighted by molar-refractivity contribution is 5.74. The van der Waals surface area contributed by atoms with Crippen LogP contribution in [0.3, 0.4) is 0 Å². The van der Waals surface area contributed by atoms with Gasteiger partial charge >= 0.3 is 6.03 Å². The van der Waals surface area contributed by atoms with Crippen LogP contribution in [-0.2, 0) is 6.42 Å². The van der Waals surface area contributed by atoms with E-state index in [1.165, 1.54) is 6.42 Å². The van der Waals surface area contributed by atoms with Gasteiger partial charge in [-0.25, -0.2) is 4.79 Å². The quantitative estimate of drug-likeness (QED) is 0.480. The third-order valence-electron chi connectivity index (χ3n) is 4.57. The molecule has 4 N–H and O–H groups in total. The number of urea groups is 1. The van der Waals surface area contributed by atoms with E-state index in [-0.39, 0.29) is 30.3 Å². The molecule has 0 aromatic heterocycles. The summed E-state index contributed by atoms with van der Waals surface area (Å²) in [5, 5.41) is 24.6. The van der Waals surface area contributed by atoms with Crippen molar-refractivity contribution < 1.29 is 15.0 Å². The van der Waals surface area contributed by atoms with E-state index in [2.05, 4.69) is 10.6 Å². The van der Waals surface area contributed by atoms with E-state index >= 15 is 0 Å².